The normalized spacial score (nSPS) is 28.3. The van der Waals surface area contributed by atoms with E-state index in [1.54, 1.807) is 12.0 Å². The second-order valence-electron chi connectivity index (χ2n) is 5.28. The van der Waals surface area contributed by atoms with Crippen LogP contribution in [-0.4, -0.2) is 65.8 Å². The minimum Gasteiger partial charge on any atom is -0.480 e. The van der Waals surface area contributed by atoms with Crippen molar-refractivity contribution in [3.8, 4) is 0 Å². The minimum atomic E-state index is -0.942. The van der Waals surface area contributed by atoms with Gasteiger partial charge in [0.1, 0.15) is 6.04 Å². The van der Waals surface area contributed by atoms with Crippen molar-refractivity contribution in [3.05, 3.63) is 0 Å². The molecule has 2 atom stereocenters. The average molecular weight is 270 g/mol. The quantitative estimate of drug-likeness (QED) is 0.817. The monoisotopic (exact) mass is 270 g/mol. The van der Waals surface area contributed by atoms with Gasteiger partial charge in [-0.2, -0.15) is 0 Å². The van der Waals surface area contributed by atoms with Gasteiger partial charge in [-0.3, -0.25) is 0 Å². The number of ether oxygens (including phenoxy) is 1. The maximum absolute atomic E-state index is 12.5. The Labute approximate surface area is 113 Å². The van der Waals surface area contributed by atoms with E-state index in [1.165, 1.54) is 4.90 Å². The minimum absolute atomic E-state index is 0.145. The predicted octanol–water partition coefficient (Wildman–Crippen LogP) is 1.16. The molecule has 2 fully saturated rings. The Balaban J connectivity index is 2.05. The van der Waals surface area contributed by atoms with E-state index in [0.29, 0.717) is 13.0 Å². The molecule has 2 aliphatic heterocycles. The molecule has 0 aromatic carbocycles. The number of carbonyl (C=O) groups is 2. The Morgan fingerprint density at radius 3 is 2.32 bits per heavy atom. The van der Waals surface area contributed by atoms with Gasteiger partial charge < -0.3 is 19.6 Å². The van der Waals surface area contributed by atoms with Crippen LogP contribution >= 0.6 is 0 Å². The number of carbonyl (C=O) groups excluding carboxylic acids is 1. The molecule has 2 unspecified atom stereocenters. The third-order valence-corrected chi connectivity index (χ3v) is 4.00. The molecule has 2 aliphatic rings. The Bertz CT molecular complexity index is 340. The summed E-state index contributed by atoms with van der Waals surface area (Å²) in [5, 5.41) is 9.23. The molecule has 0 aliphatic carbocycles. The van der Waals surface area contributed by atoms with Gasteiger partial charge in [-0.25, -0.2) is 9.59 Å². The molecule has 1 N–H and O–H groups in total. The molecule has 108 valence electrons. The van der Waals surface area contributed by atoms with Crippen LogP contribution in [0.4, 0.5) is 4.79 Å². The van der Waals surface area contributed by atoms with Gasteiger partial charge in [-0.05, 0) is 12.8 Å². The maximum Gasteiger partial charge on any atom is 0.326 e. The van der Waals surface area contributed by atoms with Crippen LogP contribution in [0.15, 0.2) is 0 Å². The number of likely N-dealkylation sites (tertiary alicyclic amines) is 2. The van der Waals surface area contributed by atoms with E-state index in [4.69, 9.17) is 4.74 Å². The number of nitrogens with zero attached hydrogens (tertiary/aromatic N) is 2. The Morgan fingerprint density at radius 1 is 1.16 bits per heavy atom. The van der Waals surface area contributed by atoms with Gasteiger partial charge in [0.05, 0.1) is 6.10 Å². The van der Waals surface area contributed by atoms with Gasteiger partial charge in [0, 0.05) is 33.2 Å². The fourth-order valence-electron chi connectivity index (χ4n) is 2.86. The van der Waals surface area contributed by atoms with Gasteiger partial charge in [-0.1, -0.05) is 12.8 Å². The van der Waals surface area contributed by atoms with Crippen molar-refractivity contribution in [3.63, 3.8) is 0 Å². The van der Waals surface area contributed by atoms with E-state index >= 15 is 0 Å². The molecule has 2 amide bonds. The van der Waals surface area contributed by atoms with Crippen LogP contribution in [0, 0.1) is 0 Å². The van der Waals surface area contributed by atoms with E-state index in [0.717, 1.165) is 38.8 Å². The fraction of sp³-hybridized carbons (Fsp3) is 0.846. The summed E-state index contributed by atoms with van der Waals surface area (Å²) in [6.07, 6.45) is 4.51. The number of rotatable bonds is 2. The molecule has 2 rings (SSSR count). The number of hydrogen-bond acceptors (Lipinski definition) is 3. The fourth-order valence-corrected chi connectivity index (χ4v) is 2.86. The van der Waals surface area contributed by atoms with E-state index in [-0.39, 0.29) is 12.1 Å². The first kappa shape index (κ1) is 14.1. The van der Waals surface area contributed by atoms with Crippen molar-refractivity contribution in [1.29, 1.82) is 0 Å². The second kappa shape index (κ2) is 6.23. The van der Waals surface area contributed by atoms with Crippen LogP contribution < -0.4 is 0 Å². The van der Waals surface area contributed by atoms with Crippen LogP contribution in [0.25, 0.3) is 0 Å². The second-order valence-corrected chi connectivity index (χ2v) is 5.28. The van der Waals surface area contributed by atoms with Crippen molar-refractivity contribution < 1.29 is 19.4 Å². The molecular weight excluding hydrogens is 248 g/mol. The highest BCUT2D eigenvalue weighted by molar-refractivity contribution is 5.83. The summed E-state index contributed by atoms with van der Waals surface area (Å²) in [5.74, 6) is -0.942. The highest BCUT2D eigenvalue weighted by Gasteiger charge is 2.41. The van der Waals surface area contributed by atoms with E-state index in [9.17, 15) is 14.7 Å². The molecule has 0 radical (unpaired) electrons. The molecule has 19 heavy (non-hydrogen) atoms. The van der Waals surface area contributed by atoms with Gasteiger partial charge in [0.25, 0.3) is 0 Å². The van der Waals surface area contributed by atoms with Crippen molar-refractivity contribution in [2.24, 2.45) is 0 Å². The third kappa shape index (κ3) is 3.18. The van der Waals surface area contributed by atoms with Crippen LogP contribution in [0.2, 0.25) is 0 Å². The number of carboxylic acid groups (broad SMARTS) is 1. The zero-order chi connectivity index (χ0) is 13.8. The Hall–Kier alpha value is -1.30. The van der Waals surface area contributed by atoms with Crippen LogP contribution in [0.3, 0.4) is 0 Å². The van der Waals surface area contributed by atoms with E-state index in [2.05, 4.69) is 0 Å². The number of aliphatic carboxylic acids is 1. The van der Waals surface area contributed by atoms with Crippen LogP contribution in [0.1, 0.15) is 32.1 Å². The Kier molecular flexibility index (Phi) is 4.63. The topological polar surface area (TPSA) is 70.1 Å². The summed E-state index contributed by atoms with van der Waals surface area (Å²) in [7, 11) is 1.56. The molecule has 6 nitrogen and oxygen atoms in total. The summed E-state index contributed by atoms with van der Waals surface area (Å²) < 4.78 is 5.21. The summed E-state index contributed by atoms with van der Waals surface area (Å²) in [5.41, 5.74) is 0. The number of carboxylic acids is 1. The number of methoxy groups -OCH3 is 1. The van der Waals surface area contributed by atoms with Gasteiger partial charge in [0.2, 0.25) is 0 Å². The highest BCUT2D eigenvalue weighted by Crippen LogP contribution is 2.23. The number of amides is 2. The zero-order valence-electron chi connectivity index (χ0n) is 11.4. The standard InChI is InChI=1S/C13H22N2O4/c1-19-10-8-11(12(16)17)15(9-10)13(18)14-6-4-2-3-5-7-14/h10-11H,2-9H2,1H3,(H,16,17). The lowest BCUT2D eigenvalue weighted by atomic mass is 10.2. The molecule has 0 aromatic heterocycles. The smallest absolute Gasteiger partial charge is 0.326 e. The van der Waals surface area contributed by atoms with Crippen molar-refractivity contribution in [1.82, 2.24) is 9.80 Å². The predicted molar refractivity (Wildman–Crippen MR) is 69.0 cm³/mol. The Morgan fingerprint density at radius 2 is 1.79 bits per heavy atom. The van der Waals surface area contributed by atoms with Gasteiger partial charge in [0.15, 0.2) is 0 Å². The largest absolute Gasteiger partial charge is 0.480 e. The first-order chi connectivity index (χ1) is 9.13. The molecule has 0 aromatic rings. The van der Waals surface area contributed by atoms with E-state index < -0.39 is 12.0 Å². The zero-order valence-corrected chi connectivity index (χ0v) is 11.4. The van der Waals surface area contributed by atoms with Crippen LogP contribution in [-0.2, 0) is 9.53 Å². The summed E-state index contributed by atoms with van der Waals surface area (Å²) in [6, 6.07) is -0.894. The maximum atomic E-state index is 12.5. The number of urea groups is 1. The molecule has 6 heteroatoms. The SMILES string of the molecule is COC1CC(C(=O)O)N(C(=O)N2CCCCCC2)C1. The molecule has 2 heterocycles. The van der Waals surface area contributed by atoms with Crippen molar-refractivity contribution >= 4 is 12.0 Å². The van der Waals surface area contributed by atoms with Crippen molar-refractivity contribution in [2.75, 3.05) is 26.7 Å². The average Bonchev–Trinajstić information content (AvgIpc) is 2.65. The third-order valence-electron chi connectivity index (χ3n) is 4.00. The van der Waals surface area contributed by atoms with Crippen LogP contribution in [0.5, 0.6) is 0 Å². The molecule has 0 bridgehead atoms. The van der Waals surface area contributed by atoms with Gasteiger partial charge in [-0.15, -0.1) is 0 Å². The summed E-state index contributed by atoms with van der Waals surface area (Å²) in [4.78, 5) is 27.0. The molecular formula is C13H22N2O4. The molecule has 0 spiro atoms. The molecule has 2 saturated heterocycles. The number of hydrogen-bond donors (Lipinski definition) is 1. The summed E-state index contributed by atoms with van der Waals surface area (Å²) in [6.45, 7) is 1.85. The lowest BCUT2D eigenvalue weighted by Gasteiger charge is -2.29. The summed E-state index contributed by atoms with van der Waals surface area (Å²) >= 11 is 0. The highest BCUT2D eigenvalue weighted by atomic mass is 16.5. The lowest BCUT2D eigenvalue weighted by molar-refractivity contribution is -0.141. The lowest BCUT2D eigenvalue weighted by Crippen LogP contribution is -2.48. The first-order valence-corrected chi connectivity index (χ1v) is 6.94. The van der Waals surface area contributed by atoms with Gasteiger partial charge >= 0.3 is 12.0 Å². The molecule has 0 saturated carbocycles. The van der Waals surface area contributed by atoms with E-state index in [1.807, 2.05) is 0 Å². The first-order valence-electron chi connectivity index (χ1n) is 6.94. The van der Waals surface area contributed by atoms with Crippen molar-refractivity contribution in [2.45, 2.75) is 44.2 Å².